The van der Waals surface area contributed by atoms with Gasteiger partial charge in [0.1, 0.15) is 0 Å². The van der Waals surface area contributed by atoms with Crippen molar-refractivity contribution >= 4 is 15.7 Å². The molecule has 0 amide bonds. The Bertz CT molecular complexity index is 610. The van der Waals surface area contributed by atoms with Crippen molar-refractivity contribution in [2.75, 3.05) is 4.72 Å². The summed E-state index contributed by atoms with van der Waals surface area (Å²) in [6, 6.07) is 16.4. The zero-order valence-corrected chi connectivity index (χ0v) is 12.9. The summed E-state index contributed by atoms with van der Waals surface area (Å²) in [7, 11) is -3.35. The Hall–Kier alpha value is -1.81. The molecule has 3 nitrogen and oxygen atoms in total. The normalized spacial score (nSPS) is 10.3. The topological polar surface area (TPSA) is 46.2 Å². The van der Waals surface area contributed by atoms with Crippen LogP contribution in [0.1, 0.15) is 26.4 Å². The molecule has 0 aliphatic rings. The first kappa shape index (κ1) is 16.2. The summed E-state index contributed by atoms with van der Waals surface area (Å²) in [6.45, 7) is 5.96. The maximum absolute atomic E-state index is 11.9. The first-order valence-electron chi connectivity index (χ1n) is 6.66. The molecule has 20 heavy (non-hydrogen) atoms. The molecule has 0 heterocycles. The fraction of sp³-hybridized carbons (Fsp3) is 0.250. The fourth-order valence-corrected chi connectivity index (χ4v) is 2.83. The molecule has 0 radical (unpaired) electrons. The summed E-state index contributed by atoms with van der Waals surface area (Å²) in [5, 5.41) is 0. The molecule has 2 aromatic rings. The van der Waals surface area contributed by atoms with E-state index in [2.05, 4.69) is 4.72 Å². The van der Waals surface area contributed by atoms with Crippen LogP contribution in [0.15, 0.2) is 54.6 Å². The molecule has 0 aliphatic heterocycles. The van der Waals surface area contributed by atoms with Crippen LogP contribution in [0.4, 0.5) is 5.69 Å². The Balaban J connectivity index is 0.00000128. The van der Waals surface area contributed by atoms with E-state index in [0.29, 0.717) is 5.69 Å². The molecule has 0 saturated carbocycles. The van der Waals surface area contributed by atoms with Crippen LogP contribution in [0.3, 0.4) is 0 Å². The highest BCUT2D eigenvalue weighted by Gasteiger charge is 2.11. The van der Waals surface area contributed by atoms with Crippen molar-refractivity contribution < 1.29 is 9.84 Å². The smallest absolute Gasteiger partial charge is 0.236 e. The van der Waals surface area contributed by atoms with E-state index in [1.54, 1.807) is 24.3 Å². The number of hydrogen-bond acceptors (Lipinski definition) is 2. The van der Waals surface area contributed by atoms with Gasteiger partial charge in [0.15, 0.2) is 0 Å². The molecule has 0 aliphatic carbocycles. The standard InChI is InChI=1S/C14H15NO2S.C2H6.H2/c1-12-7-9-14(10-8-12)15-18(16,17)11-13-5-3-2-4-6-13;1-2;/h2-10,15H,11H2,1H3;1-2H3;1H. The maximum Gasteiger partial charge on any atom is 0.236 e. The molecular formula is C16H23NO2S. The minimum Gasteiger partial charge on any atom is -0.283 e. The highest BCUT2D eigenvalue weighted by molar-refractivity contribution is 7.91. The molecule has 0 aromatic heterocycles. The molecule has 0 unspecified atom stereocenters. The summed E-state index contributed by atoms with van der Waals surface area (Å²) in [5.74, 6) is -0.0122. The number of nitrogens with one attached hydrogen (secondary N) is 1. The van der Waals surface area contributed by atoms with Crippen molar-refractivity contribution in [3.05, 3.63) is 65.7 Å². The first-order valence-corrected chi connectivity index (χ1v) is 8.31. The highest BCUT2D eigenvalue weighted by Crippen LogP contribution is 2.13. The quantitative estimate of drug-likeness (QED) is 0.918. The number of aryl methyl sites for hydroxylation is 1. The lowest BCUT2D eigenvalue weighted by molar-refractivity contribution is 0.600. The minimum atomic E-state index is -3.35. The second-order valence-electron chi connectivity index (χ2n) is 4.21. The average Bonchev–Trinajstić information content (AvgIpc) is 2.44. The molecule has 0 bridgehead atoms. The number of benzene rings is 2. The Morgan fingerprint density at radius 3 is 2.05 bits per heavy atom. The van der Waals surface area contributed by atoms with Crippen molar-refractivity contribution in [3.63, 3.8) is 0 Å². The summed E-state index contributed by atoms with van der Waals surface area (Å²) < 4.78 is 26.5. The van der Waals surface area contributed by atoms with Gasteiger partial charge in [0.25, 0.3) is 0 Å². The van der Waals surface area contributed by atoms with Gasteiger partial charge in [-0.3, -0.25) is 4.72 Å². The van der Waals surface area contributed by atoms with Gasteiger partial charge in [-0.15, -0.1) is 0 Å². The first-order chi connectivity index (χ1) is 9.55. The zero-order chi connectivity index (χ0) is 15.0. The van der Waals surface area contributed by atoms with Gasteiger partial charge in [-0.05, 0) is 24.6 Å². The van der Waals surface area contributed by atoms with Crippen molar-refractivity contribution in [2.24, 2.45) is 0 Å². The maximum atomic E-state index is 11.9. The number of sulfonamides is 1. The molecule has 2 rings (SSSR count). The molecule has 0 atom stereocenters. The summed E-state index contributed by atoms with van der Waals surface area (Å²) >= 11 is 0. The largest absolute Gasteiger partial charge is 0.283 e. The zero-order valence-electron chi connectivity index (χ0n) is 12.1. The summed E-state index contributed by atoms with van der Waals surface area (Å²) in [5.41, 5.74) is 2.47. The van der Waals surface area contributed by atoms with E-state index in [0.717, 1.165) is 11.1 Å². The third kappa shape index (κ3) is 5.45. The van der Waals surface area contributed by atoms with Gasteiger partial charge < -0.3 is 0 Å². The van der Waals surface area contributed by atoms with Crippen LogP contribution in [-0.4, -0.2) is 8.42 Å². The molecule has 2 aromatic carbocycles. The lowest BCUT2D eigenvalue weighted by Crippen LogP contribution is -2.14. The lowest BCUT2D eigenvalue weighted by Gasteiger charge is -2.08. The average molecular weight is 293 g/mol. The summed E-state index contributed by atoms with van der Waals surface area (Å²) in [6.07, 6.45) is 0. The lowest BCUT2D eigenvalue weighted by atomic mass is 10.2. The molecule has 4 heteroatoms. The number of anilines is 1. The van der Waals surface area contributed by atoms with Gasteiger partial charge in [-0.1, -0.05) is 61.9 Å². The van der Waals surface area contributed by atoms with Crippen molar-refractivity contribution in [3.8, 4) is 0 Å². The van der Waals surface area contributed by atoms with Gasteiger partial charge in [0.2, 0.25) is 10.0 Å². The van der Waals surface area contributed by atoms with E-state index in [-0.39, 0.29) is 7.18 Å². The second kappa shape index (κ2) is 7.70. The molecule has 0 saturated heterocycles. The summed E-state index contributed by atoms with van der Waals surface area (Å²) in [4.78, 5) is 0. The predicted molar refractivity (Wildman–Crippen MR) is 87.3 cm³/mol. The van der Waals surface area contributed by atoms with Gasteiger partial charge in [-0.2, -0.15) is 0 Å². The van der Waals surface area contributed by atoms with Gasteiger partial charge in [-0.25, -0.2) is 8.42 Å². The van der Waals surface area contributed by atoms with Gasteiger partial charge >= 0.3 is 0 Å². The van der Waals surface area contributed by atoms with E-state index in [1.165, 1.54) is 0 Å². The van der Waals surface area contributed by atoms with Crippen LogP contribution >= 0.6 is 0 Å². The third-order valence-electron chi connectivity index (χ3n) is 2.52. The highest BCUT2D eigenvalue weighted by atomic mass is 32.2. The molecule has 110 valence electrons. The van der Waals surface area contributed by atoms with E-state index in [4.69, 9.17) is 0 Å². The van der Waals surface area contributed by atoms with E-state index < -0.39 is 10.0 Å². The van der Waals surface area contributed by atoms with Crippen LogP contribution in [0.25, 0.3) is 0 Å². The Morgan fingerprint density at radius 2 is 1.50 bits per heavy atom. The number of hydrogen-bond donors (Lipinski definition) is 1. The Labute approximate surface area is 123 Å². The van der Waals surface area contributed by atoms with Gasteiger partial charge in [0.05, 0.1) is 5.75 Å². The van der Waals surface area contributed by atoms with Crippen LogP contribution in [0, 0.1) is 6.92 Å². The van der Waals surface area contributed by atoms with Crippen LogP contribution in [0.5, 0.6) is 0 Å². The van der Waals surface area contributed by atoms with Crippen molar-refractivity contribution in [1.29, 1.82) is 0 Å². The SMILES string of the molecule is CC.Cc1ccc(NS(=O)(=O)Cc2ccccc2)cc1.[HH]. The minimum absolute atomic E-state index is 0. The van der Waals surface area contributed by atoms with Gasteiger partial charge in [0, 0.05) is 7.11 Å². The Kier molecular flexibility index (Phi) is 6.25. The third-order valence-corrected chi connectivity index (χ3v) is 3.78. The predicted octanol–water partition coefficient (Wildman–Crippen LogP) is 4.21. The van der Waals surface area contributed by atoms with Crippen LogP contribution < -0.4 is 4.72 Å². The van der Waals surface area contributed by atoms with E-state index in [1.807, 2.05) is 51.1 Å². The second-order valence-corrected chi connectivity index (χ2v) is 5.94. The Morgan fingerprint density at radius 1 is 0.950 bits per heavy atom. The van der Waals surface area contributed by atoms with Crippen LogP contribution in [0.2, 0.25) is 0 Å². The van der Waals surface area contributed by atoms with Crippen LogP contribution in [-0.2, 0) is 15.8 Å². The molecular weight excluding hydrogens is 270 g/mol. The fourth-order valence-electron chi connectivity index (χ4n) is 1.63. The molecule has 0 spiro atoms. The van der Waals surface area contributed by atoms with E-state index >= 15 is 0 Å². The van der Waals surface area contributed by atoms with E-state index in [9.17, 15) is 8.42 Å². The van der Waals surface area contributed by atoms with Crippen molar-refractivity contribution in [2.45, 2.75) is 26.5 Å². The monoisotopic (exact) mass is 293 g/mol. The number of rotatable bonds is 4. The molecule has 0 fully saturated rings. The molecule has 1 N–H and O–H groups in total. The van der Waals surface area contributed by atoms with Crippen molar-refractivity contribution in [1.82, 2.24) is 0 Å².